The highest BCUT2D eigenvalue weighted by atomic mass is 16.7. The van der Waals surface area contributed by atoms with Gasteiger partial charge in [-0.15, -0.1) is 0 Å². The Bertz CT molecular complexity index is 827. The molecule has 0 saturated carbocycles. The fourth-order valence-electron chi connectivity index (χ4n) is 5.52. The lowest BCUT2D eigenvalue weighted by molar-refractivity contribution is -0.893. The number of esters is 1. The van der Waals surface area contributed by atoms with Crippen molar-refractivity contribution in [3.8, 4) is 0 Å². The number of allylic oxidation sites excluding steroid dienone is 1. The number of carbonyl (C=O) groups is 3. The quantitative estimate of drug-likeness (QED) is 0.366. The molecule has 0 bridgehead atoms. The predicted molar refractivity (Wildman–Crippen MR) is 138 cm³/mol. The van der Waals surface area contributed by atoms with Crippen molar-refractivity contribution >= 4 is 17.5 Å². The Hall–Kier alpha value is -1.65. The Morgan fingerprint density at radius 2 is 1.68 bits per heavy atom. The number of carbonyl (C=O) groups excluding carboxylic acids is 3. The molecule has 0 spiro atoms. The van der Waals surface area contributed by atoms with Crippen LogP contribution >= 0.6 is 0 Å². The van der Waals surface area contributed by atoms with Gasteiger partial charge >= 0.3 is 5.97 Å². The van der Waals surface area contributed by atoms with Gasteiger partial charge in [-0.25, -0.2) is 0 Å². The highest BCUT2D eigenvalue weighted by Crippen LogP contribution is 2.31. The smallest absolute Gasteiger partial charge is 0.316 e. The molecule has 9 heteroatoms. The molecule has 212 valence electrons. The molecule has 2 aliphatic heterocycles. The first-order valence-corrected chi connectivity index (χ1v) is 13.6. The molecule has 0 unspecified atom stereocenters. The van der Waals surface area contributed by atoms with Crippen molar-refractivity contribution < 1.29 is 43.7 Å². The number of aliphatic hydroxyl groups is 2. The molecule has 0 aliphatic carbocycles. The van der Waals surface area contributed by atoms with Gasteiger partial charge in [0.2, 0.25) is 0 Å². The Balaban J connectivity index is 2.42. The van der Waals surface area contributed by atoms with Crippen molar-refractivity contribution in [2.75, 3.05) is 14.1 Å². The van der Waals surface area contributed by atoms with Crippen molar-refractivity contribution in [3.63, 3.8) is 0 Å². The third-order valence-corrected chi connectivity index (χ3v) is 7.98. The topological polar surface area (TPSA) is 124 Å². The second-order valence-corrected chi connectivity index (χ2v) is 11.6. The van der Waals surface area contributed by atoms with E-state index < -0.39 is 54.4 Å². The Morgan fingerprint density at radius 3 is 2.24 bits per heavy atom. The van der Waals surface area contributed by atoms with Crippen LogP contribution in [0.15, 0.2) is 12.2 Å². The van der Waals surface area contributed by atoms with Crippen LogP contribution in [0.4, 0.5) is 0 Å². The molecule has 2 aliphatic rings. The zero-order chi connectivity index (χ0) is 28.2. The summed E-state index contributed by atoms with van der Waals surface area (Å²) in [5, 5.41) is 21.3. The normalized spacial score (nSPS) is 42.7. The van der Waals surface area contributed by atoms with Crippen LogP contribution in [-0.4, -0.2) is 84.7 Å². The molecule has 0 amide bonds. The fourth-order valence-corrected chi connectivity index (χ4v) is 5.52. The van der Waals surface area contributed by atoms with Gasteiger partial charge in [0.1, 0.15) is 18.1 Å². The van der Waals surface area contributed by atoms with Gasteiger partial charge in [-0.2, -0.15) is 0 Å². The number of likely N-dealkylation sites (N-methyl/N-ethyl adjacent to an activating group) is 1. The second-order valence-electron chi connectivity index (χ2n) is 11.6. The van der Waals surface area contributed by atoms with Crippen molar-refractivity contribution in [2.45, 2.75) is 104 Å². The molecular formula is C28H48NO8+. The lowest BCUT2D eigenvalue weighted by Gasteiger charge is -2.42. The zero-order valence-corrected chi connectivity index (χ0v) is 23.8. The van der Waals surface area contributed by atoms with Crippen molar-refractivity contribution in [3.05, 3.63) is 12.2 Å². The standard InChI is InChI=1S/C28H47NO8/c1-14-10-11-22(31)15(2)12-16(3)25(37-28-24(33)21(29(8)9)13-17(4)35-28)18(5)23(32)19(6)27(34)36-26(14)20(7)30/h10-11,14-21,24-26,28,30,33H,12-13H2,1-9H3/p+1/b11-10+/t14-,15-,16+,17-,18+,19-,20-,21+,24-,25+,26+,28+/m1/s1. The SMILES string of the molecule is C[C@H]1C(=O)O[C@H]([C@@H](C)O)[C@H](C)/C=C/C(=O)[C@H](C)C[C@H](C)[C@H](O[C@@H]2O[C@H](C)C[C@H]([NH+](C)C)[C@H]2O)[C@@H](C)C1=O. The van der Waals surface area contributed by atoms with E-state index in [4.69, 9.17) is 14.2 Å². The van der Waals surface area contributed by atoms with Gasteiger partial charge in [0.05, 0.1) is 32.4 Å². The van der Waals surface area contributed by atoms with Gasteiger partial charge in [0, 0.05) is 24.2 Å². The monoisotopic (exact) mass is 526 g/mol. The highest BCUT2D eigenvalue weighted by molar-refractivity contribution is 6.00. The van der Waals surface area contributed by atoms with E-state index in [1.54, 1.807) is 19.9 Å². The number of cyclic esters (lactones) is 1. The van der Waals surface area contributed by atoms with E-state index in [-0.39, 0.29) is 35.5 Å². The summed E-state index contributed by atoms with van der Waals surface area (Å²) in [7, 11) is 3.93. The van der Waals surface area contributed by atoms with Crippen molar-refractivity contribution in [1.82, 2.24) is 0 Å². The third kappa shape index (κ3) is 7.93. The number of ether oxygens (including phenoxy) is 3. The molecular weight excluding hydrogens is 478 g/mol. The molecule has 37 heavy (non-hydrogen) atoms. The number of aliphatic hydroxyl groups excluding tert-OH is 2. The summed E-state index contributed by atoms with van der Waals surface area (Å²) in [4.78, 5) is 40.4. The minimum atomic E-state index is -1.08. The number of hydrogen-bond donors (Lipinski definition) is 3. The first-order valence-electron chi connectivity index (χ1n) is 13.6. The van der Waals surface area contributed by atoms with E-state index in [1.165, 1.54) is 19.9 Å². The van der Waals surface area contributed by atoms with Gasteiger partial charge in [-0.1, -0.05) is 33.8 Å². The number of nitrogens with one attached hydrogen (secondary N) is 1. The number of rotatable bonds is 4. The fraction of sp³-hybridized carbons (Fsp3) is 0.821. The molecule has 3 N–H and O–H groups in total. The lowest BCUT2D eigenvalue weighted by Crippen LogP contribution is -3.12. The lowest BCUT2D eigenvalue weighted by atomic mass is 9.80. The predicted octanol–water partition coefficient (Wildman–Crippen LogP) is 0.952. The van der Waals surface area contributed by atoms with Crippen LogP contribution in [0.5, 0.6) is 0 Å². The van der Waals surface area contributed by atoms with Crippen LogP contribution in [0.3, 0.4) is 0 Å². The van der Waals surface area contributed by atoms with Crippen LogP contribution in [0.25, 0.3) is 0 Å². The maximum Gasteiger partial charge on any atom is 0.316 e. The minimum Gasteiger partial charge on any atom is -0.458 e. The van der Waals surface area contributed by atoms with Crippen LogP contribution < -0.4 is 4.90 Å². The molecule has 0 aromatic carbocycles. The molecule has 9 nitrogen and oxygen atoms in total. The molecule has 0 radical (unpaired) electrons. The molecule has 1 fully saturated rings. The number of quaternary nitrogens is 1. The molecule has 0 aromatic rings. The van der Waals surface area contributed by atoms with E-state index >= 15 is 0 Å². The van der Waals surface area contributed by atoms with Crippen LogP contribution in [0.1, 0.15) is 61.3 Å². The first-order chi connectivity index (χ1) is 17.1. The number of hydrogen-bond acceptors (Lipinski definition) is 8. The molecule has 1 saturated heterocycles. The minimum absolute atomic E-state index is 0.101. The van der Waals surface area contributed by atoms with E-state index in [2.05, 4.69) is 0 Å². The van der Waals surface area contributed by atoms with E-state index in [9.17, 15) is 24.6 Å². The maximum atomic E-state index is 13.5. The summed E-state index contributed by atoms with van der Waals surface area (Å²) >= 11 is 0. The molecule has 2 heterocycles. The summed E-state index contributed by atoms with van der Waals surface area (Å²) < 4.78 is 17.9. The van der Waals surface area contributed by atoms with Crippen molar-refractivity contribution in [2.24, 2.45) is 29.6 Å². The Morgan fingerprint density at radius 1 is 1.05 bits per heavy atom. The van der Waals surface area contributed by atoms with E-state index in [0.717, 1.165) is 4.90 Å². The molecule has 12 atom stereocenters. The maximum absolute atomic E-state index is 13.5. The third-order valence-electron chi connectivity index (χ3n) is 7.98. The average Bonchev–Trinajstić information content (AvgIpc) is 2.82. The number of ketones is 2. The van der Waals surface area contributed by atoms with E-state index in [0.29, 0.717) is 12.8 Å². The summed E-state index contributed by atoms with van der Waals surface area (Å²) in [5.74, 6) is -4.04. The van der Waals surface area contributed by atoms with Gasteiger partial charge < -0.3 is 29.3 Å². The summed E-state index contributed by atoms with van der Waals surface area (Å²) in [6.07, 6.45) is -0.360. The summed E-state index contributed by atoms with van der Waals surface area (Å²) in [5.41, 5.74) is 0. The van der Waals surface area contributed by atoms with Gasteiger partial charge in [-0.05, 0) is 39.2 Å². The largest absolute Gasteiger partial charge is 0.458 e. The molecule has 0 aromatic heterocycles. The first kappa shape index (κ1) is 31.6. The zero-order valence-electron chi connectivity index (χ0n) is 23.8. The van der Waals surface area contributed by atoms with Gasteiger partial charge in [-0.3, -0.25) is 14.4 Å². The number of Topliss-reactive ketones (excluding diaryl/α,β-unsaturated/α-hetero) is 1. The highest BCUT2D eigenvalue weighted by Gasteiger charge is 2.45. The van der Waals surface area contributed by atoms with Gasteiger partial charge in [0.25, 0.3) is 0 Å². The average molecular weight is 527 g/mol. The second kappa shape index (κ2) is 13.4. The van der Waals surface area contributed by atoms with Crippen molar-refractivity contribution in [1.29, 1.82) is 0 Å². The summed E-state index contributed by atoms with van der Waals surface area (Å²) in [6.45, 7) is 12.1. The van der Waals surface area contributed by atoms with Gasteiger partial charge in [0.15, 0.2) is 24.0 Å². The summed E-state index contributed by atoms with van der Waals surface area (Å²) in [6, 6.07) is -0.104. The Kier molecular flexibility index (Phi) is 11.5. The van der Waals surface area contributed by atoms with E-state index in [1.807, 2.05) is 34.9 Å². The Labute approximate surface area is 221 Å². The van der Waals surface area contributed by atoms with Crippen LogP contribution in [0, 0.1) is 29.6 Å². The molecule has 2 rings (SSSR count). The van der Waals surface area contributed by atoms with Crippen LogP contribution in [-0.2, 0) is 28.6 Å². The van der Waals surface area contributed by atoms with Crippen LogP contribution in [0.2, 0.25) is 0 Å².